The Morgan fingerprint density at radius 2 is 1.49 bits per heavy atom. The second-order valence-corrected chi connectivity index (χ2v) is 8.23. The molecule has 0 saturated carbocycles. The maximum Gasteiger partial charge on any atom is 0.411 e. The van der Waals surface area contributed by atoms with Crippen molar-refractivity contribution < 1.29 is 29.0 Å². The SMILES string of the molecule is COC(C)C(NC(=O)c1ccccc1NC(=O)OCC1c2ccccc2-c2ccccc21)C(=O)O. The van der Waals surface area contributed by atoms with Crippen LogP contribution in [0.1, 0.15) is 34.3 Å². The van der Waals surface area contributed by atoms with Crippen molar-refractivity contribution in [2.24, 2.45) is 0 Å². The molecule has 1 aliphatic carbocycles. The molecule has 3 N–H and O–H groups in total. The zero-order valence-corrected chi connectivity index (χ0v) is 19.4. The van der Waals surface area contributed by atoms with Crippen LogP contribution in [0.4, 0.5) is 10.5 Å². The van der Waals surface area contributed by atoms with Crippen LogP contribution in [0.15, 0.2) is 72.8 Å². The van der Waals surface area contributed by atoms with Gasteiger partial charge in [0.25, 0.3) is 5.91 Å². The third-order valence-electron chi connectivity index (χ3n) is 6.15. The summed E-state index contributed by atoms with van der Waals surface area (Å²) >= 11 is 0. The van der Waals surface area contributed by atoms with Gasteiger partial charge in [0.05, 0.1) is 17.4 Å². The van der Waals surface area contributed by atoms with Crippen LogP contribution in [0, 0.1) is 0 Å². The van der Waals surface area contributed by atoms with Crippen molar-refractivity contribution in [3.63, 3.8) is 0 Å². The normalized spacial score (nSPS) is 13.8. The summed E-state index contributed by atoms with van der Waals surface area (Å²) in [6.07, 6.45) is -1.47. The number of hydrogen-bond donors (Lipinski definition) is 3. The van der Waals surface area contributed by atoms with Gasteiger partial charge in [-0.05, 0) is 41.3 Å². The van der Waals surface area contributed by atoms with E-state index in [1.807, 2.05) is 36.4 Å². The van der Waals surface area contributed by atoms with Crippen LogP contribution in [0.5, 0.6) is 0 Å². The van der Waals surface area contributed by atoms with Crippen molar-refractivity contribution in [2.45, 2.75) is 25.0 Å². The minimum absolute atomic E-state index is 0.0986. The third-order valence-corrected chi connectivity index (χ3v) is 6.15. The van der Waals surface area contributed by atoms with Gasteiger partial charge in [0.15, 0.2) is 6.04 Å². The quantitative estimate of drug-likeness (QED) is 0.449. The molecule has 180 valence electrons. The molecule has 0 aliphatic heterocycles. The van der Waals surface area contributed by atoms with Crippen LogP contribution in [-0.4, -0.2) is 48.9 Å². The summed E-state index contributed by atoms with van der Waals surface area (Å²) in [6.45, 7) is 1.67. The van der Waals surface area contributed by atoms with Crippen molar-refractivity contribution in [3.05, 3.63) is 89.5 Å². The molecule has 0 spiro atoms. The molecule has 0 saturated heterocycles. The number of aliphatic carboxylic acids is 1. The highest BCUT2D eigenvalue weighted by Gasteiger charge is 2.30. The summed E-state index contributed by atoms with van der Waals surface area (Å²) in [7, 11) is 1.36. The molecule has 0 heterocycles. The number of carbonyl (C=O) groups is 3. The van der Waals surface area contributed by atoms with Gasteiger partial charge in [-0.1, -0.05) is 60.7 Å². The number of benzene rings is 3. The van der Waals surface area contributed by atoms with E-state index in [0.717, 1.165) is 22.3 Å². The Kier molecular flexibility index (Phi) is 7.12. The zero-order valence-electron chi connectivity index (χ0n) is 19.4. The topological polar surface area (TPSA) is 114 Å². The number of carbonyl (C=O) groups excluding carboxylic acids is 2. The van der Waals surface area contributed by atoms with Crippen molar-refractivity contribution >= 4 is 23.7 Å². The summed E-state index contributed by atoms with van der Waals surface area (Å²) in [4.78, 5) is 37.0. The number of ether oxygens (including phenoxy) is 2. The highest BCUT2D eigenvalue weighted by atomic mass is 16.5. The van der Waals surface area contributed by atoms with E-state index < -0.39 is 30.1 Å². The molecule has 4 rings (SSSR count). The van der Waals surface area contributed by atoms with E-state index in [1.54, 1.807) is 25.1 Å². The first-order chi connectivity index (χ1) is 16.9. The van der Waals surface area contributed by atoms with Crippen LogP contribution in [0.3, 0.4) is 0 Å². The molecule has 2 atom stereocenters. The van der Waals surface area contributed by atoms with Crippen molar-refractivity contribution in [3.8, 4) is 11.1 Å². The number of carboxylic acid groups (broad SMARTS) is 1. The summed E-state index contributed by atoms with van der Waals surface area (Å²) in [5, 5.41) is 14.5. The molecule has 3 aromatic carbocycles. The van der Waals surface area contributed by atoms with Gasteiger partial charge in [0, 0.05) is 13.0 Å². The zero-order chi connectivity index (χ0) is 24.9. The second-order valence-electron chi connectivity index (χ2n) is 8.23. The number of nitrogens with one attached hydrogen (secondary N) is 2. The van der Waals surface area contributed by atoms with Crippen LogP contribution < -0.4 is 10.6 Å². The lowest BCUT2D eigenvalue weighted by Crippen LogP contribution is -2.48. The summed E-state index contributed by atoms with van der Waals surface area (Å²) in [6, 6.07) is 21.1. The highest BCUT2D eigenvalue weighted by molar-refractivity contribution is 6.04. The van der Waals surface area contributed by atoms with Gasteiger partial charge in [-0.25, -0.2) is 9.59 Å². The fraction of sp³-hybridized carbons (Fsp3) is 0.222. The Morgan fingerprint density at radius 1 is 0.914 bits per heavy atom. The lowest BCUT2D eigenvalue weighted by atomic mass is 9.98. The van der Waals surface area contributed by atoms with Gasteiger partial charge in [-0.2, -0.15) is 0 Å². The van der Waals surface area contributed by atoms with Gasteiger partial charge in [0.1, 0.15) is 6.61 Å². The monoisotopic (exact) mass is 474 g/mol. The summed E-state index contributed by atoms with van der Waals surface area (Å²) in [5.74, 6) is -1.98. The van der Waals surface area contributed by atoms with E-state index in [4.69, 9.17) is 9.47 Å². The molecule has 1 aliphatic rings. The average molecular weight is 475 g/mol. The predicted octanol–water partition coefficient (Wildman–Crippen LogP) is 4.27. The van der Waals surface area contributed by atoms with E-state index in [9.17, 15) is 19.5 Å². The van der Waals surface area contributed by atoms with Gasteiger partial charge >= 0.3 is 12.1 Å². The first-order valence-electron chi connectivity index (χ1n) is 11.2. The van der Waals surface area contributed by atoms with E-state index in [1.165, 1.54) is 13.2 Å². The number of anilines is 1. The number of carboxylic acids is 1. The van der Waals surface area contributed by atoms with Crippen molar-refractivity contribution in [1.29, 1.82) is 0 Å². The maximum atomic E-state index is 12.8. The van der Waals surface area contributed by atoms with Crippen LogP contribution in [0.2, 0.25) is 0 Å². The second kappa shape index (κ2) is 10.4. The Bertz CT molecular complexity index is 1210. The Morgan fingerprint density at radius 3 is 2.09 bits per heavy atom. The Balaban J connectivity index is 1.45. The van der Waals surface area contributed by atoms with E-state index in [0.29, 0.717) is 0 Å². The van der Waals surface area contributed by atoms with Crippen LogP contribution in [-0.2, 0) is 14.3 Å². The van der Waals surface area contributed by atoms with E-state index >= 15 is 0 Å². The average Bonchev–Trinajstić information content (AvgIpc) is 3.19. The predicted molar refractivity (Wildman–Crippen MR) is 130 cm³/mol. The molecule has 8 heteroatoms. The van der Waals surface area contributed by atoms with Gasteiger partial charge in [-0.3, -0.25) is 10.1 Å². The largest absolute Gasteiger partial charge is 0.480 e. The minimum atomic E-state index is -1.25. The molecule has 8 nitrogen and oxygen atoms in total. The first-order valence-corrected chi connectivity index (χ1v) is 11.2. The molecule has 0 aromatic heterocycles. The lowest BCUT2D eigenvalue weighted by Gasteiger charge is -2.21. The smallest absolute Gasteiger partial charge is 0.411 e. The van der Waals surface area contributed by atoms with Crippen LogP contribution in [0.25, 0.3) is 11.1 Å². The Hall–Kier alpha value is -4.17. The molecule has 0 fully saturated rings. The Labute approximate surface area is 202 Å². The van der Waals surface area contributed by atoms with Gasteiger partial charge in [-0.15, -0.1) is 0 Å². The lowest BCUT2D eigenvalue weighted by molar-refractivity contribution is -0.142. The fourth-order valence-corrected chi connectivity index (χ4v) is 4.27. The minimum Gasteiger partial charge on any atom is -0.480 e. The molecule has 3 aromatic rings. The van der Waals surface area contributed by atoms with Crippen LogP contribution >= 0.6 is 0 Å². The molecule has 35 heavy (non-hydrogen) atoms. The summed E-state index contributed by atoms with van der Waals surface area (Å²) < 4.78 is 10.6. The van der Waals surface area contributed by atoms with Crippen molar-refractivity contribution in [1.82, 2.24) is 5.32 Å². The number of hydrogen-bond acceptors (Lipinski definition) is 5. The fourth-order valence-electron chi connectivity index (χ4n) is 4.27. The third kappa shape index (κ3) is 5.02. The highest BCUT2D eigenvalue weighted by Crippen LogP contribution is 2.44. The van der Waals surface area contributed by atoms with Crippen molar-refractivity contribution in [2.75, 3.05) is 19.0 Å². The molecule has 2 amide bonds. The van der Waals surface area contributed by atoms with E-state index in [-0.39, 0.29) is 23.8 Å². The molecular weight excluding hydrogens is 448 g/mol. The summed E-state index contributed by atoms with van der Waals surface area (Å²) in [5.41, 5.74) is 4.74. The number of fused-ring (bicyclic) bond motifs is 3. The maximum absolute atomic E-state index is 12.8. The number of para-hydroxylation sites is 1. The number of methoxy groups -OCH3 is 1. The molecule has 0 radical (unpaired) electrons. The molecule has 0 bridgehead atoms. The molecular formula is C27H26N2O6. The van der Waals surface area contributed by atoms with Gasteiger partial charge < -0.3 is 19.9 Å². The first kappa shape index (κ1) is 24.0. The number of rotatable bonds is 8. The number of amides is 2. The van der Waals surface area contributed by atoms with E-state index in [2.05, 4.69) is 22.8 Å². The molecule has 2 unspecified atom stereocenters. The van der Waals surface area contributed by atoms with Gasteiger partial charge in [0.2, 0.25) is 0 Å². The standard InChI is InChI=1S/C27H26N2O6/c1-16(34-2)24(26(31)32)29-25(30)21-13-7-8-14-23(21)28-27(33)35-15-22-19-11-5-3-9-17(19)18-10-4-6-12-20(18)22/h3-14,16,22,24H,15H2,1-2H3,(H,28,33)(H,29,30)(H,31,32).